The molecule has 9 nitrogen and oxygen atoms in total. The first-order chi connectivity index (χ1) is 15.3. The number of amides is 2. The standard InChI is InChI=1S/C19H20F3N5O4S/c1-30-7-11(17(23)28)24-10-3-2-9-15(14(10)20)31-5-4-26-6-13(25-18(9)26)27-12(16(21)22)8-32-19(27)29/h2-3,6,11-12,16,24H,4-5,7-8H2,1H3,(H2,23,28)/t11?,12-/m0/s1. The molecule has 3 heterocycles. The number of nitrogens with zero attached hydrogens (tertiary/aromatic N) is 3. The molecule has 13 heteroatoms. The molecule has 0 bridgehead atoms. The van der Waals surface area contributed by atoms with Gasteiger partial charge in [-0.15, -0.1) is 0 Å². The van der Waals surface area contributed by atoms with Crippen LogP contribution in [-0.4, -0.2) is 65.3 Å². The van der Waals surface area contributed by atoms with Crippen molar-refractivity contribution in [2.24, 2.45) is 5.73 Å². The predicted octanol–water partition coefficient (Wildman–Crippen LogP) is 2.30. The van der Waals surface area contributed by atoms with Gasteiger partial charge in [-0.2, -0.15) is 0 Å². The zero-order valence-corrected chi connectivity index (χ0v) is 17.7. The van der Waals surface area contributed by atoms with Crippen LogP contribution in [0.15, 0.2) is 18.3 Å². The third-order valence-electron chi connectivity index (χ3n) is 5.13. The lowest BCUT2D eigenvalue weighted by Gasteiger charge is -2.20. The van der Waals surface area contributed by atoms with Gasteiger partial charge in [0, 0.05) is 19.1 Å². The lowest BCUT2D eigenvalue weighted by Crippen LogP contribution is -2.39. The van der Waals surface area contributed by atoms with E-state index in [9.17, 15) is 18.4 Å². The minimum Gasteiger partial charge on any atom is -0.488 e. The fourth-order valence-electron chi connectivity index (χ4n) is 3.57. The number of fused-ring (bicyclic) bond motifs is 3. The van der Waals surface area contributed by atoms with E-state index in [4.69, 9.17) is 15.2 Å². The van der Waals surface area contributed by atoms with Crippen LogP contribution >= 0.6 is 11.8 Å². The minimum absolute atomic E-state index is 0.0197. The Morgan fingerprint density at radius 1 is 1.47 bits per heavy atom. The number of methoxy groups -OCH3 is 1. The summed E-state index contributed by atoms with van der Waals surface area (Å²) in [4.78, 5) is 29.1. The summed E-state index contributed by atoms with van der Waals surface area (Å²) in [6.45, 7) is 0.281. The maximum absolute atomic E-state index is 15.2. The van der Waals surface area contributed by atoms with Crippen molar-refractivity contribution >= 4 is 34.4 Å². The number of imidazole rings is 1. The second-order valence-corrected chi connectivity index (χ2v) is 8.14. The highest BCUT2D eigenvalue weighted by molar-refractivity contribution is 8.14. The van der Waals surface area contributed by atoms with E-state index < -0.39 is 35.5 Å². The number of nitrogens with two attached hydrogens (primary N) is 1. The number of primary amides is 1. The van der Waals surface area contributed by atoms with Gasteiger partial charge in [0.05, 0.1) is 24.4 Å². The molecule has 2 aliphatic heterocycles. The molecule has 0 saturated carbocycles. The summed E-state index contributed by atoms with van der Waals surface area (Å²) in [6, 6.07) is 0.686. The molecule has 2 atom stereocenters. The SMILES string of the molecule is COCC(Nc1ccc2c(c1F)OCCn1cc(N3C(=O)SC[C@H]3C(F)F)nc1-2)C(N)=O. The van der Waals surface area contributed by atoms with Gasteiger partial charge in [0.25, 0.3) is 11.7 Å². The summed E-state index contributed by atoms with van der Waals surface area (Å²) >= 11 is 0.805. The first-order valence-electron chi connectivity index (χ1n) is 9.63. The highest BCUT2D eigenvalue weighted by atomic mass is 32.2. The van der Waals surface area contributed by atoms with Crippen LogP contribution < -0.4 is 20.7 Å². The number of alkyl halides is 2. The number of halogens is 3. The Labute approximate surface area is 185 Å². The predicted molar refractivity (Wildman–Crippen MR) is 112 cm³/mol. The van der Waals surface area contributed by atoms with E-state index in [-0.39, 0.29) is 54.2 Å². The van der Waals surface area contributed by atoms with Crippen molar-refractivity contribution in [3.63, 3.8) is 0 Å². The Bertz CT molecular complexity index is 1050. The van der Waals surface area contributed by atoms with Gasteiger partial charge in [-0.05, 0) is 12.1 Å². The fraction of sp³-hybridized carbons (Fsp3) is 0.421. The van der Waals surface area contributed by atoms with Crippen molar-refractivity contribution in [2.45, 2.75) is 25.1 Å². The summed E-state index contributed by atoms with van der Waals surface area (Å²) < 4.78 is 54.2. The van der Waals surface area contributed by atoms with Gasteiger partial charge in [-0.25, -0.2) is 18.2 Å². The average Bonchev–Trinajstić information content (AvgIpc) is 3.28. The van der Waals surface area contributed by atoms with E-state index in [0.29, 0.717) is 0 Å². The van der Waals surface area contributed by atoms with E-state index in [2.05, 4.69) is 10.3 Å². The van der Waals surface area contributed by atoms with Crippen molar-refractivity contribution in [2.75, 3.05) is 36.3 Å². The molecule has 4 rings (SSSR count). The zero-order chi connectivity index (χ0) is 23.0. The van der Waals surface area contributed by atoms with E-state index in [0.717, 1.165) is 16.7 Å². The Kier molecular flexibility index (Phi) is 6.20. The minimum atomic E-state index is -2.72. The van der Waals surface area contributed by atoms with Crippen LogP contribution in [0.3, 0.4) is 0 Å². The maximum Gasteiger partial charge on any atom is 0.287 e. The molecular formula is C19H20F3N5O4S. The van der Waals surface area contributed by atoms with Crippen LogP contribution in [-0.2, 0) is 16.1 Å². The first kappa shape index (κ1) is 22.3. The van der Waals surface area contributed by atoms with E-state index in [1.54, 1.807) is 4.57 Å². The van der Waals surface area contributed by atoms with Crippen LogP contribution in [0.1, 0.15) is 0 Å². The monoisotopic (exact) mass is 471 g/mol. The number of hydrogen-bond acceptors (Lipinski definition) is 7. The summed E-state index contributed by atoms with van der Waals surface area (Å²) in [5.41, 5.74) is 5.58. The highest BCUT2D eigenvalue weighted by Crippen LogP contribution is 2.40. The first-order valence-corrected chi connectivity index (χ1v) is 10.6. The second kappa shape index (κ2) is 8.90. The highest BCUT2D eigenvalue weighted by Gasteiger charge is 2.41. The molecule has 32 heavy (non-hydrogen) atoms. The molecule has 1 fully saturated rings. The number of carbonyl (C=O) groups excluding carboxylic acids is 2. The van der Waals surface area contributed by atoms with Gasteiger partial charge < -0.3 is 25.1 Å². The molecule has 0 radical (unpaired) electrons. The van der Waals surface area contributed by atoms with Crippen LogP contribution in [0.2, 0.25) is 0 Å². The second-order valence-electron chi connectivity index (χ2n) is 7.17. The molecule has 3 N–H and O–H groups in total. The van der Waals surface area contributed by atoms with Crippen molar-refractivity contribution in [3.05, 3.63) is 24.1 Å². The van der Waals surface area contributed by atoms with Crippen LogP contribution in [0, 0.1) is 5.82 Å². The van der Waals surface area contributed by atoms with Gasteiger partial charge in [0.2, 0.25) is 5.91 Å². The van der Waals surface area contributed by atoms with Gasteiger partial charge in [-0.1, -0.05) is 11.8 Å². The molecular weight excluding hydrogens is 451 g/mol. The lowest BCUT2D eigenvalue weighted by molar-refractivity contribution is -0.119. The smallest absolute Gasteiger partial charge is 0.287 e. The van der Waals surface area contributed by atoms with Gasteiger partial charge in [-0.3, -0.25) is 14.5 Å². The lowest BCUT2D eigenvalue weighted by atomic mass is 10.1. The number of benzene rings is 1. The van der Waals surface area contributed by atoms with Crippen LogP contribution in [0.4, 0.5) is 29.5 Å². The number of anilines is 2. The van der Waals surface area contributed by atoms with Crippen molar-refractivity contribution < 1.29 is 32.2 Å². The number of carbonyl (C=O) groups is 2. The molecule has 1 saturated heterocycles. The average molecular weight is 471 g/mol. The number of thioether (sulfide) groups is 1. The van der Waals surface area contributed by atoms with E-state index in [1.807, 2.05) is 0 Å². The van der Waals surface area contributed by atoms with E-state index >= 15 is 4.39 Å². The number of rotatable bonds is 7. The summed E-state index contributed by atoms with van der Waals surface area (Å²) in [6.07, 6.45) is -1.24. The third kappa shape index (κ3) is 3.97. The van der Waals surface area contributed by atoms with Gasteiger partial charge in [0.1, 0.15) is 24.5 Å². The molecule has 0 spiro atoms. The topological polar surface area (TPSA) is 112 Å². The molecule has 2 aromatic rings. The molecule has 1 aromatic heterocycles. The Morgan fingerprint density at radius 3 is 2.94 bits per heavy atom. The molecule has 2 aliphatic rings. The molecule has 1 aromatic carbocycles. The normalized spacial score (nSPS) is 18.7. The third-order valence-corrected chi connectivity index (χ3v) is 6.08. The van der Waals surface area contributed by atoms with Crippen molar-refractivity contribution in [1.29, 1.82) is 0 Å². The fourth-order valence-corrected chi connectivity index (χ4v) is 4.54. The summed E-state index contributed by atoms with van der Waals surface area (Å²) in [7, 11) is 1.38. The number of ether oxygens (including phenoxy) is 2. The molecule has 0 aliphatic carbocycles. The largest absolute Gasteiger partial charge is 0.488 e. The van der Waals surface area contributed by atoms with Crippen LogP contribution in [0.5, 0.6) is 5.75 Å². The number of aromatic nitrogens is 2. The number of nitrogens with one attached hydrogen (secondary N) is 1. The van der Waals surface area contributed by atoms with Crippen molar-refractivity contribution in [3.8, 4) is 17.1 Å². The van der Waals surface area contributed by atoms with E-state index in [1.165, 1.54) is 25.4 Å². The Balaban J connectivity index is 1.71. The van der Waals surface area contributed by atoms with Crippen LogP contribution in [0.25, 0.3) is 11.4 Å². The number of hydrogen-bond donors (Lipinski definition) is 2. The molecule has 2 amide bonds. The van der Waals surface area contributed by atoms with Gasteiger partial charge >= 0.3 is 0 Å². The molecule has 172 valence electrons. The van der Waals surface area contributed by atoms with Gasteiger partial charge in [0.15, 0.2) is 17.4 Å². The summed E-state index contributed by atoms with van der Waals surface area (Å²) in [5, 5.41) is 2.18. The zero-order valence-electron chi connectivity index (χ0n) is 16.9. The summed E-state index contributed by atoms with van der Waals surface area (Å²) in [5.74, 6) is -1.28. The van der Waals surface area contributed by atoms with Crippen molar-refractivity contribution in [1.82, 2.24) is 9.55 Å². The Hall–Kier alpha value is -2.93. The quantitative estimate of drug-likeness (QED) is 0.637. The molecule has 1 unspecified atom stereocenters. The maximum atomic E-state index is 15.2. The Morgan fingerprint density at radius 2 is 2.25 bits per heavy atom.